The third kappa shape index (κ3) is 2.51. The molecule has 6 nitrogen and oxygen atoms in total. The fraction of sp³-hybridized carbons (Fsp3) is 0.267. The van der Waals surface area contributed by atoms with Gasteiger partial charge in [-0.15, -0.1) is 0 Å². The van der Waals surface area contributed by atoms with Crippen LogP contribution in [0.25, 0.3) is 16.9 Å². The Morgan fingerprint density at radius 1 is 1.32 bits per heavy atom. The lowest BCUT2D eigenvalue weighted by Gasteiger charge is -2.12. The predicted octanol–water partition coefficient (Wildman–Crippen LogP) is 2.22. The number of nitrogens with zero attached hydrogens (tertiary/aromatic N) is 4. The van der Waals surface area contributed by atoms with E-state index in [1.54, 1.807) is 23.1 Å². The van der Waals surface area contributed by atoms with E-state index in [1.807, 2.05) is 18.2 Å². The third-order valence-corrected chi connectivity index (χ3v) is 3.96. The van der Waals surface area contributed by atoms with Gasteiger partial charge < -0.3 is 10.6 Å². The minimum absolute atomic E-state index is 0.434. The molecular formula is C15H15ClN6. The van der Waals surface area contributed by atoms with E-state index in [-0.39, 0.29) is 0 Å². The van der Waals surface area contributed by atoms with Gasteiger partial charge in [0.15, 0.2) is 5.65 Å². The van der Waals surface area contributed by atoms with Crippen LogP contribution in [-0.4, -0.2) is 38.7 Å². The number of fused-ring (bicyclic) bond motifs is 1. The summed E-state index contributed by atoms with van der Waals surface area (Å²) in [5, 5.41) is 11.6. The third-order valence-electron chi connectivity index (χ3n) is 3.76. The van der Waals surface area contributed by atoms with E-state index in [0.29, 0.717) is 11.1 Å². The normalized spacial score (nSPS) is 18.0. The van der Waals surface area contributed by atoms with Crippen molar-refractivity contribution >= 4 is 23.1 Å². The van der Waals surface area contributed by atoms with E-state index in [4.69, 9.17) is 11.6 Å². The minimum atomic E-state index is 0.434. The van der Waals surface area contributed by atoms with Crippen LogP contribution in [0.5, 0.6) is 0 Å². The van der Waals surface area contributed by atoms with Gasteiger partial charge in [0.25, 0.3) is 0 Å². The fourth-order valence-corrected chi connectivity index (χ4v) is 2.83. The molecule has 4 heterocycles. The molecule has 1 fully saturated rings. The van der Waals surface area contributed by atoms with Crippen LogP contribution in [0.4, 0.5) is 5.82 Å². The van der Waals surface area contributed by atoms with Crippen LogP contribution in [-0.2, 0) is 0 Å². The molecule has 0 aliphatic carbocycles. The number of hydrogen-bond donors (Lipinski definition) is 2. The predicted molar refractivity (Wildman–Crippen MR) is 86.1 cm³/mol. The first kappa shape index (κ1) is 13.5. The molecule has 1 aliphatic rings. The summed E-state index contributed by atoms with van der Waals surface area (Å²) >= 11 is 5.94. The van der Waals surface area contributed by atoms with Crippen molar-refractivity contribution in [1.29, 1.82) is 0 Å². The van der Waals surface area contributed by atoms with Crippen molar-refractivity contribution < 1.29 is 0 Å². The number of pyridine rings is 1. The van der Waals surface area contributed by atoms with Gasteiger partial charge in [-0.05, 0) is 25.1 Å². The van der Waals surface area contributed by atoms with Gasteiger partial charge in [0.2, 0.25) is 0 Å². The number of hydrogen-bond acceptors (Lipinski definition) is 5. The Bertz CT molecular complexity index is 809. The zero-order valence-electron chi connectivity index (χ0n) is 11.8. The Morgan fingerprint density at radius 2 is 2.27 bits per heavy atom. The van der Waals surface area contributed by atoms with Crippen LogP contribution >= 0.6 is 11.6 Å². The lowest BCUT2D eigenvalue weighted by atomic mass is 10.2. The van der Waals surface area contributed by atoms with Gasteiger partial charge in [-0.25, -0.2) is 14.5 Å². The highest BCUT2D eigenvalue weighted by Crippen LogP contribution is 2.23. The van der Waals surface area contributed by atoms with Crippen LogP contribution in [0.15, 0.2) is 36.8 Å². The van der Waals surface area contributed by atoms with Gasteiger partial charge in [-0.3, -0.25) is 0 Å². The maximum atomic E-state index is 5.94. The summed E-state index contributed by atoms with van der Waals surface area (Å²) in [5.74, 6) is 0.875. The van der Waals surface area contributed by atoms with Gasteiger partial charge in [-0.2, -0.15) is 5.10 Å². The Labute approximate surface area is 132 Å². The number of halogens is 1. The molecule has 3 aromatic rings. The molecule has 7 heteroatoms. The van der Waals surface area contributed by atoms with Crippen LogP contribution < -0.4 is 10.6 Å². The van der Waals surface area contributed by atoms with Crippen LogP contribution in [0.2, 0.25) is 5.02 Å². The smallest absolute Gasteiger partial charge is 0.164 e. The molecule has 1 unspecified atom stereocenters. The van der Waals surface area contributed by atoms with Crippen LogP contribution in [0.1, 0.15) is 6.42 Å². The lowest BCUT2D eigenvalue weighted by Crippen LogP contribution is -2.22. The Morgan fingerprint density at radius 3 is 3.14 bits per heavy atom. The molecule has 1 atom stereocenters. The van der Waals surface area contributed by atoms with E-state index in [2.05, 4.69) is 25.7 Å². The lowest BCUT2D eigenvalue weighted by molar-refractivity contribution is 0.788. The summed E-state index contributed by atoms with van der Waals surface area (Å²) in [7, 11) is 0. The van der Waals surface area contributed by atoms with Gasteiger partial charge >= 0.3 is 0 Å². The van der Waals surface area contributed by atoms with E-state index >= 15 is 0 Å². The maximum Gasteiger partial charge on any atom is 0.164 e. The summed E-state index contributed by atoms with van der Waals surface area (Å²) in [4.78, 5) is 9.03. The highest BCUT2D eigenvalue weighted by atomic mass is 35.5. The first-order chi connectivity index (χ1) is 10.8. The summed E-state index contributed by atoms with van der Waals surface area (Å²) in [6.07, 6.45) is 6.23. The second-order valence-electron chi connectivity index (χ2n) is 5.34. The van der Waals surface area contributed by atoms with Gasteiger partial charge in [0.05, 0.1) is 28.7 Å². The highest BCUT2D eigenvalue weighted by molar-refractivity contribution is 6.30. The van der Waals surface area contributed by atoms with Crippen molar-refractivity contribution in [2.45, 2.75) is 12.5 Å². The van der Waals surface area contributed by atoms with Crippen molar-refractivity contribution in [2.24, 2.45) is 0 Å². The molecule has 0 saturated carbocycles. The SMILES string of the molecule is Clc1cnc2c(-c3cccc(NC4CCNC4)n3)cnn2c1. The summed E-state index contributed by atoms with van der Waals surface area (Å²) < 4.78 is 1.67. The van der Waals surface area contributed by atoms with Gasteiger partial charge in [-0.1, -0.05) is 17.7 Å². The van der Waals surface area contributed by atoms with Gasteiger partial charge in [0.1, 0.15) is 5.82 Å². The zero-order valence-corrected chi connectivity index (χ0v) is 12.6. The van der Waals surface area contributed by atoms with Crippen molar-refractivity contribution in [3.63, 3.8) is 0 Å². The molecule has 3 aromatic heterocycles. The molecule has 0 spiro atoms. The monoisotopic (exact) mass is 314 g/mol. The topological polar surface area (TPSA) is 67.1 Å². The van der Waals surface area contributed by atoms with E-state index in [0.717, 1.165) is 42.2 Å². The Balaban J connectivity index is 1.68. The highest BCUT2D eigenvalue weighted by Gasteiger charge is 2.15. The molecule has 2 N–H and O–H groups in total. The first-order valence-electron chi connectivity index (χ1n) is 7.23. The van der Waals surface area contributed by atoms with Crippen molar-refractivity contribution in [1.82, 2.24) is 24.9 Å². The second kappa shape index (κ2) is 5.55. The van der Waals surface area contributed by atoms with Crippen LogP contribution in [0, 0.1) is 0 Å². The Hall–Kier alpha value is -2.18. The maximum absolute atomic E-state index is 5.94. The van der Waals surface area contributed by atoms with E-state index in [1.165, 1.54) is 0 Å². The Kier molecular flexibility index (Phi) is 3.40. The molecule has 4 rings (SSSR count). The molecule has 22 heavy (non-hydrogen) atoms. The molecule has 0 bridgehead atoms. The van der Waals surface area contributed by atoms with E-state index in [9.17, 15) is 0 Å². The average molecular weight is 315 g/mol. The minimum Gasteiger partial charge on any atom is -0.366 e. The number of nitrogens with one attached hydrogen (secondary N) is 2. The standard InChI is InChI=1S/C15H15ClN6/c16-10-6-18-15-12(8-19-22(15)9-10)13-2-1-3-14(21-13)20-11-4-5-17-7-11/h1-3,6,8-9,11,17H,4-5,7H2,(H,20,21). The number of rotatable bonds is 3. The summed E-state index contributed by atoms with van der Waals surface area (Å²) in [5.41, 5.74) is 2.49. The average Bonchev–Trinajstić information content (AvgIpc) is 3.16. The van der Waals surface area contributed by atoms with Crippen molar-refractivity contribution in [2.75, 3.05) is 18.4 Å². The van der Waals surface area contributed by atoms with Gasteiger partial charge in [0, 0.05) is 18.8 Å². The van der Waals surface area contributed by atoms with E-state index < -0.39 is 0 Å². The first-order valence-corrected chi connectivity index (χ1v) is 7.61. The molecule has 1 aliphatic heterocycles. The quantitative estimate of drug-likeness (QED) is 0.776. The molecule has 0 aromatic carbocycles. The molecule has 0 radical (unpaired) electrons. The molecule has 1 saturated heterocycles. The molecule has 0 amide bonds. The van der Waals surface area contributed by atoms with Crippen molar-refractivity contribution in [3.05, 3.63) is 41.8 Å². The molecular weight excluding hydrogens is 300 g/mol. The van der Waals surface area contributed by atoms with Crippen molar-refractivity contribution in [3.8, 4) is 11.3 Å². The second-order valence-corrected chi connectivity index (χ2v) is 5.78. The fourth-order valence-electron chi connectivity index (χ4n) is 2.68. The largest absolute Gasteiger partial charge is 0.366 e. The number of anilines is 1. The summed E-state index contributed by atoms with van der Waals surface area (Å²) in [6.45, 7) is 2.03. The van der Waals surface area contributed by atoms with Crippen LogP contribution in [0.3, 0.4) is 0 Å². The molecule has 112 valence electrons. The zero-order chi connectivity index (χ0) is 14.9. The number of aromatic nitrogens is 4. The summed E-state index contributed by atoms with van der Waals surface area (Å²) in [6, 6.07) is 6.37.